The molecule has 0 atom stereocenters. The number of nitrogens with one attached hydrogen (secondary N) is 1. The molecule has 2 aliphatic rings. The molecule has 1 N–H and O–H groups in total. The molecule has 0 bridgehead atoms. The van der Waals surface area contributed by atoms with Crippen molar-refractivity contribution in [3.05, 3.63) is 0 Å². The lowest BCUT2D eigenvalue weighted by molar-refractivity contribution is 0.212. The van der Waals surface area contributed by atoms with E-state index in [4.69, 9.17) is 0 Å². The van der Waals surface area contributed by atoms with Crippen molar-refractivity contribution >= 4 is 5.96 Å². The summed E-state index contributed by atoms with van der Waals surface area (Å²) >= 11 is 0. The number of hydrogen-bond donors (Lipinski definition) is 1. The van der Waals surface area contributed by atoms with Crippen molar-refractivity contribution in [1.29, 1.82) is 0 Å². The van der Waals surface area contributed by atoms with Crippen molar-refractivity contribution < 1.29 is 0 Å². The Morgan fingerprint density at radius 3 is 2.35 bits per heavy atom. The van der Waals surface area contributed by atoms with Gasteiger partial charge in [0.15, 0.2) is 5.96 Å². The Kier molecular flexibility index (Phi) is 6.14. The van der Waals surface area contributed by atoms with Crippen molar-refractivity contribution in [3.8, 4) is 0 Å². The Morgan fingerprint density at radius 2 is 1.75 bits per heavy atom. The van der Waals surface area contributed by atoms with Gasteiger partial charge in [0.25, 0.3) is 0 Å². The highest BCUT2D eigenvalue weighted by atomic mass is 15.3. The number of nitrogens with zero attached hydrogens (tertiary/aromatic N) is 3. The molecule has 0 spiro atoms. The highest BCUT2D eigenvalue weighted by Crippen LogP contribution is 2.19. The van der Waals surface area contributed by atoms with Gasteiger partial charge in [-0.2, -0.15) is 0 Å². The van der Waals surface area contributed by atoms with E-state index in [0.29, 0.717) is 0 Å². The molecule has 0 saturated carbocycles. The highest BCUT2D eigenvalue weighted by molar-refractivity contribution is 5.79. The van der Waals surface area contributed by atoms with Gasteiger partial charge >= 0.3 is 0 Å². The normalized spacial score (nSPS) is 24.1. The van der Waals surface area contributed by atoms with Crippen LogP contribution >= 0.6 is 0 Å². The predicted octanol–water partition coefficient (Wildman–Crippen LogP) is 2.03. The summed E-state index contributed by atoms with van der Waals surface area (Å²) in [6.45, 7) is 8.29. The SMILES string of the molecule is CN=C(NCCC1CCN(C)CC1)N1CCC(C)CC1. The average Bonchev–Trinajstić information content (AvgIpc) is 2.47. The Morgan fingerprint density at radius 1 is 1.10 bits per heavy atom. The lowest BCUT2D eigenvalue weighted by Gasteiger charge is -2.33. The first-order valence-corrected chi connectivity index (χ1v) is 8.33. The summed E-state index contributed by atoms with van der Waals surface area (Å²) in [7, 11) is 4.14. The molecule has 0 unspecified atom stereocenters. The van der Waals surface area contributed by atoms with E-state index >= 15 is 0 Å². The first-order valence-electron chi connectivity index (χ1n) is 8.33. The highest BCUT2D eigenvalue weighted by Gasteiger charge is 2.19. The number of likely N-dealkylation sites (tertiary alicyclic amines) is 2. The fourth-order valence-electron chi connectivity index (χ4n) is 3.29. The Bertz CT molecular complexity index is 300. The molecule has 4 heteroatoms. The third kappa shape index (κ3) is 4.65. The topological polar surface area (TPSA) is 30.9 Å². The minimum absolute atomic E-state index is 0.878. The van der Waals surface area contributed by atoms with Gasteiger partial charge in [0.2, 0.25) is 0 Å². The molecule has 2 fully saturated rings. The van der Waals surface area contributed by atoms with E-state index < -0.39 is 0 Å². The van der Waals surface area contributed by atoms with E-state index in [-0.39, 0.29) is 0 Å². The molecule has 0 aromatic rings. The zero-order chi connectivity index (χ0) is 14.4. The Balaban J connectivity index is 1.66. The van der Waals surface area contributed by atoms with Gasteiger partial charge in [-0.3, -0.25) is 4.99 Å². The zero-order valence-electron chi connectivity index (χ0n) is 13.6. The monoisotopic (exact) mass is 280 g/mol. The van der Waals surface area contributed by atoms with E-state index in [9.17, 15) is 0 Å². The lowest BCUT2D eigenvalue weighted by Crippen LogP contribution is -2.46. The van der Waals surface area contributed by atoms with Gasteiger partial charge < -0.3 is 15.1 Å². The van der Waals surface area contributed by atoms with Gasteiger partial charge in [0.05, 0.1) is 0 Å². The van der Waals surface area contributed by atoms with E-state index in [2.05, 4.69) is 34.1 Å². The molecule has 2 saturated heterocycles. The third-order valence-corrected chi connectivity index (χ3v) is 4.97. The van der Waals surface area contributed by atoms with Crippen molar-refractivity contribution in [3.63, 3.8) is 0 Å². The van der Waals surface area contributed by atoms with Crippen LogP contribution in [-0.4, -0.2) is 62.6 Å². The minimum Gasteiger partial charge on any atom is -0.356 e. The number of guanidine groups is 1. The third-order valence-electron chi connectivity index (χ3n) is 4.97. The molecule has 2 heterocycles. The average molecular weight is 280 g/mol. The van der Waals surface area contributed by atoms with Gasteiger partial charge in [-0.1, -0.05) is 6.92 Å². The molecule has 0 amide bonds. The van der Waals surface area contributed by atoms with Crippen molar-refractivity contribution in [2.24, 2.45) is 16.8 Å². The van der Waals surface area contributed by atoms with Gasteiger partial charge in [0, 0.05) is 26.7 Å². The molecule has 0 aromatic heterocycles. The molecular formula is C16H32N4. The standard InChI is InChI=1S/C16H32N4/c1-14-5-12-20(13-6-14)16(17-2)18-9-4-15-7-10-19(3)11-8-15/h14-15H,4-13H2,1-3H3,(H,17,18). The molecular weight excluding hydrogens is 248 g/mol. The maximum atomic E-state index is 4.45. The number of aliphatic imine (C=N–C) groups is 1. The van der Waals surface area contributed by atoms with Crippen LogP contribution in [0.1, 0.15) is 39.0 Å². The molecule has 2 aliphatic heterocycles. The van der Waals surface area contributed by atoms with Crippen LogP contribution in [0, 0.1) is 11.8 Å². The summed E-state index contributed by atoms with van der Waals surface area (Å²) in [4.78, 5) is 9.32. The lowest BCUT2D eigenvalue weighted by atomic mass is 9.94. The van der Waals surface area contributed by atoms with Gasteiger partial charge in [-0.15, -0.1) is 0 Å². The van der Waals surface area contributed by atoms with Crippen molar-refractivity contribution in [2.45, 2.75) is 39.0 Å². The quantitative estimate of drug-likeness (QED) is 0.634. The number of rotatable bonds is 3. The molecule has 0 radical (unpaired) electrons. The number of hydrogen-bond acceptors (Lipinski definition) is 2. The summed E-state index contributed by atoms with van der Waals surface area (Å²) in [5.74, 6) is 2.89. The van der Waals surface area contributed by atoms with Gasteiger partial charge in [0.1, 0.15) is 0 Å². The smallest absolute Gasteiger partial charge is 0.193 e. The summed E-state index contributed by atoms with van der Waals surface area (Å²) < 4.78 is 0. The second-order valence-corrected chi connectivity index (χ2v) is 6.68. The van der Waals surface area contributed by atoms with Crippen LogP contribution in [0.4, 0.5) is 0 Å². The Labute approximate surface area is 124 Å². The van der Waals surface area contributed by atoms with Gasteiger partial charge in [-0.05, 0) is 64.1 Å². The minimum atomic E-state index is 0.878. The van der Waals surface area contributed by atoms with Crippen molar-refractivity contribution in [2.75, 3.05) is 46.8 Å². The molecule has 20 heavy (non-hydrogen) atoms. The summed E-state index contributed by atoms with van der Waals surface area (Å²) in [6, 6.07) is 0. The fraction of sp³-hybridized carbons (Fsp3) is 0.938. The summed E-state index contributed by atoms with van der Waals surface area (Å²) in [5.41, 5.74) is 0. The second-order valence-electron chi connectivity index (χ2n) is 6.68. The van der Waals surface area contributed by atoms with Crippen LogP contribution in [0.25, 0.3) is 0 Å². The fourth-order valence-corrected chi connectivity index (χ4v) is 3.29. The van der Waals surface area contributed by atoms with Crippen LogP contribution in [0.3, 0.4) is 0 Å². The van der Waals surface area contributed by atoms with E-state index in [0.717, 1.165) is 37.4 Å². The summed E-state index contributed by atoms with van der Waals surface area (Å²) in [5, 5.41) is 3.57. The molecule has 4 nitrogen and oxygen atoms in total. The van der Waals surface area contributed by atoms with Crippen LogP contribution in [0.2, 0.25) is 0 Å². The summed E-state index contributed by atoms with van der Waals surface area (Å²) in [6.07, 6.45) is 6.61. The Hall–Kier alpha value is -0.770. The second kappa shape index (κ2) is 7.87. The zero-order valence-corrected chi connectivity index (χ0v) is 13.6. The van der Waals surface area contributed by atoms with Crippen molar-refractivity contribution in [1.82, 2.24) is 15.1 Å². The van der Waals surface area contributed by atoms with Crippen LogP contribution < -0.4 is 5.32 Å². The maximum absolute atomic E-state index is 4.45. The van der Waals surface area contributed by atoms with Crippen LogP contribution in [0.15, 0.2) is 4.99 Å². The van der Waals surface area contributed by atoms with Crippen LogP contribution in [0.5, 0.6) is 0 Å². The first kappa shape index (κ1) is 15.6. The van der Waals surface area contributed by atoms with Gasteiger partial charge in [-0.25, -0.2) is 0 Å². The van der Waals surface area contributed by atoms with E-state index in [1.165, 1.54) is 45.2 Å². The predicted molar refractivity (Wildman–Crippen MR) is 86.2 cm³/mol. The molecule has 0 aliphatic carbocycles. The molecule has 2 rings (SSSR count). The molecule has 116 valence electrons. The maximum Gasteiger partial charge on any atom is 0.193 e. The van der Waals surface area contributed by atoms with E-state index in [1.807, 2.05) is 7.05 Å². The first-order chi connectivity index (χ1) is 9.69. The largest absolute Gasteiger partial charge is 0.356 e. The van der Waals surface area contributed by atoms with Crippen LogP contribution in [-0.2, 0) is 0 Å². The molecule has 0 aromatic carbocycles. The van der Waals surface area contributed by atoms with E-state index in [1.54, 1.807) is 0 Å². The number of piperidine rings is 2.